The van der Waals surface area contributed by atoms with Gasteiger partial charge in [-0.2, -0.15) is 5.10 Å². The van der Waals surface area contributed by atoms with Crippen LogP contribution < -0.4 is 11.1 Å². The van der Waals surface area contributed by atoms with Gasteiger partial charge in [-0.15, -0.1) is 0 Å². The summed E-state index contributed by atoms with van der Waals surface area (Å²) in [7, 11) is 0. The molecule has 0 fully saturated rings. The number of anilines is 2. The Morgan fingerprint density at radius 1 is 1.47 bits per heavy atom. The SMILES string of the molecule is CC(=O)Nc1cc(N)c(-n2cnc(C)n2)cn1. The molecule has 0 saturated heterocycles. The Hall–Kier alpha value is -2.44. The first-order valence-corrected chi connectivity index (χ1v) is 4.98. The summed E-state index contributed by atoms with van der Waals surface area (Å²) in [5, 5.41) is 6.68. The third-order valence-electron chi connectivity index (χ3n) is 2.07. The zero-order chi connectivity index (χ0) is 12.4. The summed E-state index contributed by atoms with van der Waals surface area (Å²) >= 11 is 0. The Morgan fingerprint density at radius 3 is 2.76 bits per heavy atom. The number of carbonyl (C=O) groups is 1. The normalized spacial score (nSPS) is 10.2. The number of pyridine rings is 1. The second-order valence-electron chi connectivity index (χ2n) is 3.55. The number of hydrogen-bond acceptors (Lipinski definition) is 5. The van der Waals surface area contributed by atoms with E-state index in [0.29, 0.717) is 23.0 Å². The highest BCUT2D eigenvalue weighted by molar-refractivity contribution is 5.88. The molecule has 7 nitrogen and oxygen atoms in total. The van der Waals surface area contributed by atoms with E-state index in [-0.39, 0.29) is 5.91 Å². The number of hydrogen-bond donors (Lipinski definition) is 2. The van der Waals surface area contributed by atoms with Gasteiger partial charge in [0.1, 0.15) is 23.7 Å². The van der Waals surface area contributed by atoms with Crippen LogP contribution in [0.5, 0.6) is 0 Å². The second kappa shape index (κ2) is 4.20. The summed E-state index contributed by atoms with van der Waals surface area (Å²) in [6.45, 7) is 3.19. The van der Waals surface area contributed by atoms with Crippen LogP contribution in [0.25, 0.3) is 5.69 Å². The molecule has 0 aliphatic carbocycles. The van der Waals surface area contributed by atoms with Crippen LogP contribution in [-0.2, 0) is 4.79 Å². The average Bonchev–Trinajstić information content (AvgIpc) is 2.64. The van der Waals surface area contributed by atoms with Gasteiger partial charge in [-0.05, 0) is 6.92 Å². The van der Waals surface area contributed by atoms with Gasteiger partial charge in [0.2, 0.25) is 5.91 Å². The van der Waals surface area contributed by atoms with E-state index in [1.807, 2.05) is 0 Å². The summed E-state index contributed by atoms with van der Waals surface area (Å²) in [4.78, 5) is 18.9. The van der Waals surface area contributed by atoms with Gasteiger partial charge >= 0.3 is 0 Å². The van der Waals surface area contributed by atoms with Crippen molar-refractivity contribution in [3.63, 3.8) is 0 Å². The summed E-state index contributed by atoms with van der Waals surface area (Å²) in [6, 6.07) is 1.58. The number of amides is 1. The molecule has 88 valence electrons. The average molecular weight is 232 g/mol. The Kier molecular flexibility index (Phi) is 2.73. The van der Waals surface area contributed by atoms with Gasteiger partial charge in [0.15, 0.2) is 0 Å². The zero-order valence-electron chi connectivity index (χ0n) is 9.51. The van der Waals surface area contributed by atoms with E-state index in [9.17, 15) is 4.79 Å². The number of nitrogens with two attached hydrogens (primary N) is 1. The van der Waals surface area contributed by atoms with Crippen molar-refractivity contribution in [2.45, 2.75) is 13.8 Å². The van der Waals surface area contributed by atoms with Gasteiger partial charge in [-0.1, -0.05) is 0 Å². The summed E-state index contributed by atoms with van der Waals surface area (Å²) in [6.07, 6.45) is 3.09. The predicted molar refractivity (Wildman–Crippen MR) is 62.6 cm³/mol. The molecular weight excluding hydrogens is 220 g/mol. The molecule has 0 unspecified atom stereocenters. The van der Waals surface area contributed by atoms with Crippen LogP contribution in [0.15, 0.2) is 18.6 Å². The highest BCUT2D eigenvalue weighted by Crippen LogP contribution is 2.18. The Balaban J connectivity index is 2.34. The lowest BCUT2D eigenvalue weighted by Crippen LogP contribution is -2.09. The standard InChI is InChI=1S/C10H12N6O/c1-6-13-5-16(15-6)9-4-12-10(3-8(9)11)14-7(2)17/h3-5H,1-2H3,(H3,11,12,14,17). The highest BCUT2D eigenvalue weighted by atomic mass is 16.1. The number of nitrogens with one attached hydrogen (secondary N) is 1. The Bertz CT molecular complexity index is 562. The van der Waals surface area contributed by atoms with Crippen molar-refractivity contribution in [3.8, 4) is 5.69 Å². The number of aryl methyl sites for hydroxylation is 1. The molecule has 0 aromatic carbocycles. The molecule has 2 aromatic rings. The number of nitrogens with zero attached hydrogens (tertiary/aromatic N) is 4. The van der Waals surface area contributed by atoms with Crippen molar-refractivity contribution in [2.75, 3.05) is 11.1 Å². The van der Waals surface area contributed by atoms with E-state index in [1.165, 1.54) is 17.8 Å². The van der Waals surface area contributed by atoms with Crippen LogP contribution in [-0.4, -0.2) is 25.7 Å². The van der Waals surface area contributed by atoms with Gasteiger partial charge in [0.05, 0.1) is 11.9 Å². The van der Waals surface area contributed by atoms with E-state index < -0.39 is 0 Å². The summed E-state index contributed by atoms with van der Waals surface area (Å²) in [5.74, 6) is 0.868. The molecule has 0 radical (unpaired) electrons. The maximum absolute atomic E-state index is 10.9. The van der Waals surface area contributed by atoms with Crippen molar-refractivity contribution >= 4 is 17.4 Å². The Labute approximate surface area is 97.7 Å². The fourth-order valence-electron chi connectivity index (χ4n) is 1.37. The van der Waals surface area contributed by atoms with Crippen LogP contribution in [0.2, 0.25) is 0 Å². The maximum atomic E-state index is 10.9. The van der Waals surface area contributed by atoms with E-state index in [0.717, 1.165) is 0 Å². The van der Waals surface area contributed by atoms with E-state index in [2.05, 4.69) is 20.4 Å². The van der Waals surface area contributed by atoms with Crippen LogP contribution in [0.1, 0.15) is 12.7 Å². The third kappa shape index (κ3) is 2.39. The lowest BCUT2D eigenvalue weighted by atomic mass is 10.3. The van der Waals surface area contributed by atoms with Gasteiger partial charge in [0.25, 0.3) is 0 Å². The maximum Gasteiger partial charge on any atom is 0.222 e. The summed E-state index contributed by atoms with van der Waals surface area (Å²) < 4.78 is 1.54. The Morgan fingerprint density at radius 2 is 2.24 bits per heavy atom. The van der Waals surface area contributed by atoms with Crippen molar-refractivity contribution in [1.82, 2.24) is 19.7 Å². The van der Waals surface area contributed by atoms with Crippen molar-refractivity contribution in [1.29, 1.82) is 0 Å². The molecule has 17 heavy (non-hydrogen) atoms. The molecule has 2 aromatic heterocycles. The van der Waals surface area contributed by atoms with Crippen molar-refractivity contribution in [2.24, 2.45) is 0 Å². The van der Waals surface area contributed by atoms with Crippen LogP contribution in [0, 0.1) is 6.92 Å². The first-order chi connectivity index (χ1) is 8.06. The van der Waals surface area contributed by atoms with E-state index in [4.69, 9.17) is 5.73 Å². The first kappa shape index (κ1) is 11.1. The molecule has 7 heteroatoms. The minimum absolute atomic E-state index is 0.193. The number of nitrogen functional groups attached to an aromatic ring is 1. The minimum Gasteiger partial charge on any atom is -0.397 e. The van der Waals surface area contributed by atoms with Crippen molar-refractivity contribution < 1.29 is 4.79 Å². The largest absolute Gasteiger partial charge is 0.397 e. The minimum atomic E-state index is -0.193. The quantitative estimate of drug-likeness (QED) is 0.786. The fraction of sp³-hybridized carbons (Fsp3) is 0.200. The molecular formula is C10H12N6O. The van der Waals surface area contributed by atoms with Crippen LogP contribution in [0.3, 0.4) is 0 Å². The topological polar surface area (TPSA) is 98.7 Å². The van der Waals surface area contributed by atoms with Gasteiger partial charge < -0.3 is 11.1 Å². The lowest BCUT2D eigenvalue weighted by Gasteiger charge is -2.07. The molecule has 0 spiro atoms. The van der Waals surface area contributed by atoms with E-state index in [1.54, 1.807) is 19.3 Å². The van der Waals surface area contributed by atoms with Gasteiger partial charge in [0, 0.05) is 13.0 Å². The first-order valence-electron chi connectivity index (χ1n) is 4.98. The molecule has 0 saturated carbocycles. The summed E-state index contributed by atoms with van der Waals surface area (Å²) in [5.41, 5.74) is 6.95. The molecule has 2 rings (SSSR count). The van der Waals surface area contributed by atoms with Crippen molar-refractivity contribution in [3.05, 3.63) is 24.4 Å². The van der Waals surface area contributed by atoms with Crippen LogP contribution >= 0.6 is 0 Å². The molecule has 2 heterocycles. The molecule has 0 aliphatic rings. The van der Waals surface area contributed by atoms with Crippen LogP contribution in [0.4, 0.5) is 11.5 Å². The highest BCUT2D eigenvalue weighted by Gasteiger charge is 2.06. The second-order valence-corrected chi connectivity index (χ2v) is 3.55. The van der Waals surface area contributed by atoms with Gasteiger partial charge in [-0.25, -0.2) is 14.6 Å². The zero-order valence-corrected chi connectivity index (χ0v) is 9.51. The molecule has 0 aliphatic heterocycles. The smallest absolute Gasteiger partial charge is 0.222 e. The fourth-order valence-corrected chi connectivity index (χ4v) is 1.37. The monoisotopic (exact) mass is 232 g/mol. The third-order valence-corrected chi connectivity index (χ3v) is 2.07. The van der Waals surface area contributed by atoms with E-state index >= 15 is 0 Å². The molecule has 3 N–H and O–H groups in total. The molecule has 0 atom stereocenters. The molecule has 0 bridgehead atoms. The number of aromatic nitrogens is 4. The number of carbonyl (C=O) groups excluding carboxylic acids is 1. The lowest BCUT2D eigenvalue weighted by molar-refractivity contribution is -0.114. The number of rotatable bonds is 2. The van der Waals surface area contributed by atoms with Gasteiger partial charge in [-0.3, -0.25) is 4.79 Å². The predicted octanol–water partition coefficient (Wildman–Crippen LogP) is 0.511. The molecule has 1 amide bonds.